The number of para-hydroxylation sites is 1. The van der Waals surface area contributed by atoms with Gasteiger partial charge in [0.25, 0.3) is 0 Å². The van der Waals surface area contributed by atoms with E-state index in [0.717, 1.165) is 13.1 Å². The van der Waals surface area contributed by atoms with E-state index in [-0.39, 0.29) is 12.5 Å². The summed E-state index contributed by atoms with van der Waals surface area (Å²) in [5.41, 5.74) is 2.95. The number of fused-ring (bicyclic) bond motifs is 1. The number of carbonyl (C=O) groups is 2. The predicted molar refractivity (Wildman–Crippen MR) is 123 cm³/mol. The normalized spacial score (nSPS) is 15.4. The average molecular weight is 439 g/mol. The molecule has 2 aliphatic rings. The van der Waals surface area contributed by atoms with Gasteiger partial charge in [-0.1, -0.05) is 18.2 Å². The molecule has 2 aliphatic heterocycles. The smallest absolute Gasteiger partial charge is 0.325 e. The zero-order valence-electron chi connectivity index (χ0n) is 18.4. The Balaban J connectivity index is 1.28. The minimum Gasteiger partial charge on any atom is -0.486 e. The first-order valence-electron chi connectivity index (χ1n) is 11.1. The molecular weight excluding hydrogens is 408 g/mol. The number of hydrogen-bond donors (Lipinski definition) is 2. The Labute approximate surface area is 188 Å². The van der Waals surface area contributed by atoms with Gasteiger partial charge in [0.2, 0.25) is 5.91 Å². The van der Waals surface area contributed by atoms with E-state index in [1.54, 1.807) is 18.2 Å². The van der Waals surface area contributed by atoms with E-state index in [1.165, 1.54) is 30.5 Å². The summed E-state index contributed by atoms with van der Waals surface area (Å²) in [6.45, 7) is 3.86. The van der Waals surface area contributed by atoms with E-state index in [0.29, 0.717) is 36.9 Å². The second-order valence-corrected chi connectivity index (χ2v) is 8.21. The second-order valence-electron chi connectivity index (χ2n) is 8.21. The summed E-state index contributed by atoms with van der Waals surface area (Å²) in [6, 6.07) is 12.9. The number of anilines is 2. The van der Waals surface area contributed by atoms with Crippen molar-refractivity contribution < 1.29 is 19.1 Å². The molecule has 1 fully saturated rings. The topological polar surface area (TPSA) is 83.1 Å². The van der Waals surface area contributed by atoms with Crippen molar-refractivity contribution in [1.29, 1.82) is 0 Å². The summed E-state index contributed by atoms with van der Waals surface area (Å²) in [4.78, 5) is 29.0. The lowest BCUT2D eigenvalue weighted by Gasteiger charge is -2.31. The highest BCUT2D eigenvalue weighted by atomic mass is 16.6. The molecule has 8 nitrogen and oxygen atoms in total. The number of urea groups is 1. The lowest BCUT2D eigenvalue weighted by molar-refractivity contribution is -0.120. The van der Waals surface area contributed by atoms with Crippen LogP contribution in [0.25, 0.3) is 0 Å². The van der Waals surface area contributed by atoms with Crippen LogP contribution in [-0.4, -0.2) is 56.7 Å². The van der Waals surface area contributed by atoms with Gasteiger partial charge in [-0.15, -0.1) is 0 Å². The first kappa shape index (κ1) is 22.0. The van der Waals surface area contributed by atoms with Crippen LogP contribution in [0.5, 0.6) is 11.5 Å². The van der Waals surface area contributed by atoms with Crippen LogP contribution in [0, 0.1) is 0 Å². The van der Waals surface area contributed by atoms with Crippen LogP contribution in [0.2, 0.25) is 0 Å². The summed E-state index contributed by atoms with van der Waals surface area (Å²) < 4.78 is 11.0. The highest BCUT2D eigenvalue weighted by Crippen LogP contribution is 2.32. The van der Waals surface area contributed by atoms with Crippen LogP contribution in [0.1, 0.15) is 24.8 Å². The Hall–Kier alpha value is -3.26. The molecule has 0 bridgehead atoms. The molecule has 1 saturated heterocycles. The first-order valence-corrected chi connectivity index (χ1v) is 11.1. The van der Waals surface area contributed by atoms with Crippen molar-refractivity contribution in [3.63, 3.8) is 0 Å². The zero-order valence-corrected chi connectivity index (χ0v) is 18.4. The number of carbonyl (C=O) groups excluding carboxylic acids is 2. The third kappa shape index (κ3) is 5.70. The standard InChI is InChI=1S/C24H30N4O4/c1-27(16-18-7-3-4-8-20(18)28-11-5-2-6-12-28)17-23(29)26-24(30)25-19-9-10-21-22(15-19)32-14-13-31-21/h3-4,7-10,15H,2,5-6,11-14,16-17H2,1H3,(H2,25,26,29,30). The number of likely N-dealkylation sites (N-methyl/N-ethyl adjacent to an activating group) is 1. The van der Waals surface area contributed by atoms with Gasteiger partial charge in [-0.05, 0) is 50.1 Å². The van der Waals surface area contributed by atoms with Gasteiger partial charge >= 0.3 is 6.03 Å². The summed E-state index contributed by atoms with van der Waals surface area (Å²) in [6.07, 6.45) is 3.71. The molecule has 2 heterocycles. The summed E-state index contributed by atoms with van der Waals surface area (Å²) in [7, 11) is 1.88. The molecule has 0 aromatic heterocycles. The number of rotatable bonds is 6. The van der Waals surface area contributed by atoms with Crippen molar-refractivity contribution in [2.45, 2.75) is 25.8 Å². The van der Waals surface area contributed by atoms with Gasteiger partial charge in [0.15, 0.2) is 11.5 Å². The van der Waals surface area contributed by atoms with E-state index in [9.17, 15) is 9.59 Å². The van der Waals surface area contributed by atoms with E-state index in [4.69, 9.17) is 9.47 Å². The fraction of sp³-hybridized carbons (Fsp3) is 0.417. The van der Waals surface area contributed by atoms with Crippen LogP contribution in [-0.2, 0) is 11.3 Å². The third-order valence-corrected chi connectivity index (χ3v) is 5.60. The molecular formula is C24H30N4O4. The van der Waals surface area contributed by atoms with E-state index < -0.39 is 6.03 Å². The Kier molecular flexibility index (Phi) is 7.11. The number of benzene rings is 2. The molecule has 0 unspecified atom stereocenters. The van der Waals surface area contributed by atoms with Crippen molar-refractivity contribution >= 4 is 23.3 Å². The largest absolute Gasteiger partial charge is 0.486 e. The number of nitrogens with zero attached hydrogens (tertiary/aromatic N) is 2. The molecule has 170 valence electrons. The quantitative estimate of drug-likeness (QED) is 0.721. The Morgan fingerprint density at radius 3 is 2.56 bits per heavy atom. The van der Waals surface area contributed by atoms with Crippen molar-refractivity contribution in [3.8, 4) is 11.5 Å². The summed E-state index contributed by atoms with van der Waals surface area (Å²) >= 11 is 0. The highest BCUT2D eigenvalue weighted by molar-refractivity contribution is 6.01. The first-order chi connectivity index (χ1) is 15.6. The van der Waals surface area contributed by atoms with Crippen LogP contribution >= 0.6 is 0 Å². The lowest BCUT2D eigenvalue weighted by atomic mass is 10.1. The van der Waals surface area contributed by atoms with Crippen molar-refractivity contribution in [2.75, 3.05) is 50.1 Å². The maximum atomic E-state index is 12.4. The number of ether oxygens (including phenoxy) is 2. The van der Waals surface area contributed by atoms with Crippen LogP contribution in [0.15, 0.2) is 42.5 Å². The summed E-state index contributed by atoms with van der Waals surface area (Å²) in [5.74, 6) is 0.857. The van der Waals surface area contributed by atoms with Gasteiger partial charge in [0.05, 0.1) is 6.54 Å². The molecule has 0 aliphatic carbocycles. The molecule has 3 amide bonds. The SMILES string of the molecule is CN(CC(=O)NC(=O)Nc1ccc2c(c1)OCCO2)Cc1ccccc1N1CCCCC1. The van der Waals surface area contributed by atoms with Crippen LogP contribution in [0.4, 0.5) is 16.2 Å². The van der Waals surface area contributed by atoms with Gasteiger partial charge in [0.1, 0.15) is 13.2 Å². The highest BCUT2D eigenvalue weighted by Gasteiger charge is 2.17. The Morgan fingerprint density at radius 1 is 1.00 bits per heavy atom. The fourth-order valence-corrected chi connectivity index (χ4v) is 4.13. The molecule has 32 heavy (non-hydrogen) atoms. The molecule has 0 radical (unpaired) electrons. The van der Waals surface area contributed by atoms with Gasteiger partial charge in [0, 0.05) is 37.1 Å². The molecule has 2 N–H and O–H groups in total. The van der Waals surface area contributed by atoms with E-state index in [1.807, 2.05) is 18.0 Å². The van der Waals surface area contributed by atoms with Gasteiger partial charge < -0.3 is 19.7 Å². The Morgan fingerprint density at radius 2 is 1.75 bits per heavy atom. The third-order valence-electron chi connectivity index (χ3n) is 5.60. The van der Waals surface area contributed by atoms with E-state index in [2.05, 4.69) is 33.7 Å². The number of imide groups is 1. The lowest BCUT2D eigenvalue weighted by Crippen LogP contribution is -2.40. The summed E-state index contributed by atoms with van der Waals surface area (Å²) in [5, 5.41) is 5.06. The van der Waals surface area contributed by atoms with E-state index >= 15 is 0 Å². The number of hydrogen-bond acceptors (Lipinski definition) is 6. The van der Waals surface area contributed by atoms with Gasteiger partial charge in [-0.2, -0.15) is 0 Å². The van der Waals surface area contributed by atoms with Crippen molar-refractivity contribution in [2.24, 2.45) is 0 Å². The molecule has 0 atom stereocenters. The number of piperidine rings is 1. The maximum absolute atomic E-state index is 12.4. The average Bonchev–Trinajstić information content (AvgIpc) is 2.79. The van der Waals surface area contributed by atoms with Crippen molar-refractivity contribution in [3.05, 3.63) is 48.0 Å². The minimum absolute atomic E-state index is 0.114. The molecule has 2 aromatic carbocycles. The van der Waals surface area contributed by atoms with Crippen LogP contribution in [0.3, 0.4) is 0 Å². The molecule has 0 saturated carbocycles. The molecule has 2 aromatic rings. The van der Waals surface area contributed by atoms with Gasteiger partial charge in [-0.3, -0.25) is 15.0 Å². The van der Waals surface area contributed by atoms with Crippen LogP contribution < -0.4 is 25.0 Å². The van der Waals surface area contributed by atoms with Crippen molar-refractivity contribution in [1.82, 2.24) is 10.2 Å². The molecule has 8 heteroatoms. The monoisotopic (exact) mass is 438 g/mol. The number of amides is 3. The minimum atomic E-state index is -0.575. The Bertz CT molecular complexity index is 959. The fourth-order valence-electron chi connectivity index (χ4n) is 4.13. The number of nitrogens with one attached hydrogen (secondary N) is 2. The molecule has 4 rings (SSSR count). The predicted octanol–water partition coefficient (Wildman–Crippen LogP) is 3.23. The molecule has 0 spiro atoms. The van der Waals surface area contributed by atoms with Gasteiger partial charge in [-0.25, -0.2) is 4.79 Å². The second kappa shape index (κ2) is 10.4. The zero-order chi connectivity index (χ0) is 22.3. The maximum Gasteiger partial charge on any atom is 0.325 e.